The Hall–Kier alpha value is -4.50. The molecule has 4 N–H and O–H groups in total. The van der Waals surface area contributed by atoms with Crippen molar-refractivity contribution in [3.8, 4) is 11.3 Å². The van der Waals surface area contributed by atoms with Crippen LogP contribution in [0, 0.1) is 17.0 Å². The Balaban J connectivity index is 1.34. The molecule has 3 fully saturated rings. The van der Waals surface area contributed by atoms with E-state index in [1.54, 1.807) is 34.6 Å². The van der Waals surface area contributed by atoms with Gasteiger partial charge in [-0.3, -0.25) is 20.2 Å². The Morgan fingerprint density at radius 1 is 1.09 bits per heavy atom. The maximum absolute atomic E-state index is 15.5. The molecular formula is C29H31F5N6O5. The van der Waals surface area contributed by atoms with Crippen LogP contribution in [0.25, 0.3) is 11.3 Å². The van der Waals surface area contributed by atoms with Gasteiger partial charge in [-0.2, -0.15) is 18.3 Å². The van der Waals surface area contributed by atoms with E-state index < -0.39 is 70.2 Å². The van der Waals surface area contributed by atoms with Crippen LogP contribution in [0.15, 0.2) is 22.7 Å². The number of alkyl halides is 3. The zero-order valence-corrected chi connectivity index (χ0v) is 25.0. The predicted molar refractivity (Wildman–Crippen MR) is 149 cm³/mol. The van der Waals surface area contributed by atoms with E-state index >= 15 is 8.78 Å². The molecule has 242 valence electrons. The summed E-state index contributed by atoms with van der Waals surface area (Å²) in [6.07, 6.45) is -6.18. The van der Waals surface area contributed by atoms with Gasteiger partial charge < -0.3 is 15.0 Å². The van der Waals surface area contributed by atoms with Crippen LogP contribution in [0.4, 0.5) is 38.4 Å². The van der Waals surface area contributed by atoms with Crippen LogP contribution in [0.3, 0.4) is 0 Å². The largest absolute Gasteiger partial charge is 0.444 e. The molecule has 11 nitrogen and oxygen atoms in total. The minimum Gasteiger partial charge on any atom is -0.444 e. The van der Waals surface area contributed by atoms with Crippen molar-refractivity contribution < 1.29 is 45.6 Å². The summed E-state index contributed by atoms with van der Waals surface area (Å²) in [5.74, 6) is -5.03. The number of carbonyl (C=O) groups excluding carboxylic acids is 3. The van der Waals surface area contributed by atoms with E-state index in [0.29, 0.717) is 0 Å². The van der Waals surface area contributed by atoms with Crippen LogP contribution in [0.1, 0.15) is 81.5 Å². The Morgan fingerprint density at radius 3 is 2.29 bits per heavy atom. The van der Waals surface area contributed by atoms with Gasteiger partial charge in [-0.05, 0) is 59.9 Å². The number of carbonyl (C=O) groups is 3. The summed E-state index contributed by atoms with van der Waals surface area (Å²) >= 11 is 0. The molecule has 0 saturated heterocycles. The van der Waals surface area contributed by atoms with Crippen LogP contribution in [0.2, 0.25) is 0 Å². The van der Waals surface area contributed by atoms with Crippen molar-refractivity contribution in [1.82, 2.24) is 14.9 Å². The highest BCUT2D eigenvalue weighted by atomic mass is 19.4. The highest BCUT2D eigenvalue weighted by molar-refractivity contribution is 6.06. The number of benzene rings is 1. The third-order valence-electron chi connectivity index (χ3n) is 7.98. The van der Waals surface area contributed by atoms with Crippen molar-refractivity contribution in [2.75, 3.05) is 10.6 Å². The predicted octanol–water partition coefficient (Wildman–Crippen LogP) is 6.01. The van der Waals surface area contributed by atoms with Crippen LogP contribution in [-0.2, 0) is 21.4 Å². The Kier molecular flexibility index (Phi) is 7.48. The first kappa shape index (κ1) is 31.9. The standard InChI is InChI=1S/C29H31F5N6O5/c1-13(2)40-24(37-25(43)44-26(3,4)5)19(23(35)42)22(38-40)15-7-6-14(20(30)21(15)31)8-17(41)36-18-9-16(39-45-18)27-10-28(11-27,12-27)29(32,33)34/h6-7,9,13H,8,10-12H2,1-5H3,(H2,35,42)(H,36,41)(H,37,43). The van der Waals surface area contributed by atoms with Gasteiger partial charge >= 0.3 is 12.3 Å². The number of amides is 3. The molecule has 3 saturated carbocycles. The average Bonchev–Trinajstić information content (AvgIpc) is 3.43. The zero-order valence-electron chi connectivity index (χ0n) is 25.0. The summed E-state index contributed by atoms with van der Waals surface area (Å²) in [5.41, 5.74) is 1.02. The lowest BCUT2D eigenvalue weighted by molar-refractivity contribution is -0.338. The number of ether oxygens (including phenoxy) is 1. The molecule has 45 heavy (non-hydrogen) atoms. The van der Waals surface area contributed by atoms with Gasteiger partial charge in [0.15, 0.2) is 11.6 Å². The number of nitrogens with one attached hydrogen (secondary N) is 2. The second-order valence-corrected chi connectivity index (χ2v) is 12.9. The normalized spacial score (nSPS) is 20.8. The summed E-state index contributed by atoms with van der Waals surface area (Å²) in [7, 11) is 0. The summed E-state index contributed by atoms with van der Waals surface area (Å²) in [4.78, 5) is 37.6. The van der Waals surface area contributed by atoms with Crippen LogP contribution in [0.5, 0.6) is 0 Å². The molecule has 3 aliphatic carbocycles. The summed E-state index contributed by atoms with van der Waals surface area (Å²) in [6, 6.07) is 3.10. The molecule has 0 aliphatic heterocycles. The number of halogens is 5. The lowest BCUT2D eigenvalue weighted by Crippen LogP contribution is -2.70. The van der Waals surface area contributed by atoms with Crippen LogP contribution >= 0.6 is 0 Å². The summed E-state index contributed by atoms with van der Waals surface area (Å²) < 4.78 is 81.8. The Bertz CT molecular complexity index is 1680. The van der Waals surface area contributed by atoms with Gasteiger partial charge in [-0.1, -0.05) is 11.2 Å². The molecule has 1 aromatic carbocycles. The minimum atomic E-state index is -4.29. The highest BCUT2D eigenvalue weighted by Crippen LogP contribution is 2.78. The molecule has 0 spiro atoms. The van der Waals surface area contributed by atoms with Crippen LogP contribution < -0.4 is 16.4 Å². The number of hydrogen-bond acceptors (Lipinski definition) is 7. The van der Waals surface area contributed by atoms with Gasteiger partial charge in [0.2, 0.25) is 11.8 Å². The second-order valence-electron chi connectivity index (χ2n) is 12.9. The van der Waals surface area contributed by atoms with E-state index in [9.17, 15) is 27.6 Å². The maximum atomic E-state index is 15.5. The number of hydrogen-bond donors (Lipinski definition) is 3. The number of anilines is 2. The topological polar surface area (TPSA) is 154 Å². The molecule has 2 bridgehead atoms. The summed E-state index contributed by atoms with van der Waals surface area (Å²) in [5, 5.41) is 12.8. The first-order valence-corrected chi connectivity index (χ1v) is 14.0. The van der Waals surface area contributed by atoms with E-state index in [4.69, 9.17) is 15.0 Å². The fourth-order valence-corrected chi connectivity index (χ4v) is 5.96. The molecule has 3 amide bonds. The van der Waals surface area contributed by atoms with Gasteiger partial charge in [0.1, 0.15) is 22.7 Å². The van der Waals surface area contributed by atoms with Crippen molar-refractivity contribution in [3.05, 3.63) is 46.7 Å². The number of nitrogens with zero attached hydrogens (tertiary/aromatic N) is 3. The Morgan fingerprint density at radius 2 is 1.73 bits per heavy atom. The first-order valence-electron chi connectivity index (χ1n) is 14.0. The molecule has 0 atom stereocenters. The Labute approximate surface area is 253 Å². The summed E-state index contributed by atoms with van der Waals surface area (Å²) in [6.45, 7) is 8.23. The fourth-order valence-electron chi connectivity index (χ4n) is 5.96. The van der Waals surface area contributed by atoms with Gasteiger partial charge in [0.25, 0.3) is 5.91 Å². The van der Waals surface area contributed by atoms with Crippen molar-refractivity contribution in [1.29, 1.82) is 0 Å². The number of rotatable bonds is 8. The zero-order chi connectivity index (χ0) is 33.3. The van der Waals surface area contributed by atoms with Crippen molar-refractivity contribution in [2.45, 2.75) is 83.5 Å². The quantitative estimate of drug-likeness (QED) is 0.255. The molecule has 6 rings (SSSR count). The van der Waals surface area contributed by atoms with E-state index in [1.807, 2.05) is 0 Å². The molecule has 3 aromatic rings. The molecule has 0 radical (unpaired) electrons. The highest BCUT2D eigenvalue weighted by Gasteiger charge is 2.79. The SMILES string of the molecule is CC(C)n1nc(-c2ccc(CC(=O)Nc3cc(C45CC(C(F)(F)F)(C4)C5)no3)c(F)c2F)c(C(N)=O)c1NC(=O)OC(C)(C)C. The van der Waals surface area contributed by atoms with Gasteiger partial charge in [0, 0.05) is 28.7 Å². The molecule has 3 aliphatic rings. The molecular weight excluding hydrogens is 607 g/mol. The second kappa shape index (κ2) is 10.5. The van der Waals surface area contributed by atoms with E-state index in [0.717, 1.165) is 12.1 Å². The van der Waals surface area contributed by atoms with Crippen molar-refractivity contribution in [2.24, 2.45) is 11.1 Å². The first-order chi connectivity index (χ1) is 20.8. The molecule has 0 unspecified atom stereocenters. The van der Waals surface area contributed by atoms with Gasteiger partial charge in [-0.15, -0.1) is 0 Å². The third kappa shape index (κ3) is 5.61. The average molecular weight is 639 g/mol. The third-order valence-corrected chi connectivity index (χ3v) is 7.98. The molecule has 16 heteroatoms. The van der Waals surface area contributed by atoms with Crippen LogP contribution in [-0.4, -0.2) is 44.6 Å². The van der Waals surface area contributed by atoms with E-state index in [1.165, 1.54) is 10.7 Å². The van der Waals surface area contributed by atoms with Crippen molar-refractivity contribution >= 4 is 29.6 Å². The smallest absolute Gasteiger partial charge is 0.413 e. The molecule has 2 aromatic heterocycles. The minimum absolute atomic E-state index is 0.105. The fraction of sp³-hybridized carbons (Fsp3) is 0.483. The van der Waals surface area contributed by atoms with Gasteiger partial charge in [0.05, 0.1) is 17.5 Å². The molecule has 2 heterocycles. The lowest BCUT2D eigenvalue weighted by Gasteiger charge is -2.69. The van der Waals surface area contributed by atoms with Crippen molar-refractivity contribution in [3.63, 3.8) is 0 Å². The van der Waals surface area contributed by atoms with E-state index in [2.05, 4.69) is 20.9 Å². The van der Waals surface area contributed by atoms with E-state index in [-0.39, 0.29) is 53.5 Å². The number of aromatic nitrogens is 3. The number of nitrogens with two attached hydrogens (primary N) is 1. The maximum Gasteiger partial charge on any atom is 0.413 e. The number of primary amides is 1. The monoisotopic (exact) mass is 638 g/mol. The lowest BCUT2D eigenvalue weighted by atomic mass is 9.34. The van der Waals surface area contributed by atoms with Gasteiger partial charge in [-0.25, -0.2) is 18.3 Å².